The van der Waals surface area contributed by atoms with E-state index in [0.29, 0.717) is 5.02 Å². The van der Waals surface area contributed by atoms with Crippen LogP contribution in [0.15, 0.2) is 18.5 Å². The van der Waals surface area contributed by atoms with E-state index in [1.807, 2.05) is 0 Å². The third-order valence-electron chi connectivity index (χ3n) is 2.02. The van der Waals surface area contributed by atoms with Crippen molar-refractivity contribution < 1.29 is 9.90 Å². The zero-order valence-corrected chi connectivity index (χ0v) is 8.12. The summed E-state index contributed by atoms with van der Waals surface area (Å²) in [5.74, 6) is -1.02. The molecule has 2 aromatic heterocycles. The summed E-state index contributed by atoms with van der Waals surface area (Å²) in [7, 11) is 0. The maximum atomic E-state index is 10.9. The van der Waals surface area contributed by atoms with Gasteiger partial charge in [0.15, 0.2) is 0 Å². The van der Waals surface area contributed by atoms with E-state index in [-0.39, 0.29) is 5.69 Å². The van der Waals surface area contributed by atoms with Gasteiger partial charge >= 0.3 is 5.97 Å². The summed E-state index contributed by atoms with van der Waals surface area (Å²) in [6.07, 6.45) is 1.48. The Morgan fingerprint density at radius 1 is 1.57 bits per heavy atom. The van der Waals surface area contributed by atoms with E-state index in [0.717, 1.165) is 11.2 Å². The predicted octanol–water partition coefficient (Wildman–Crippen LogP) is 1.99. The van der Waals surface area contributed by atoms with Crippen LogP contribution in [0.25, 0.3) is 5.52 Å². The zero-order chi connectivity index (χ0) is 10.3. The van der Waals surface area contributed by atoms with Crippen LogP contribution in [0, 0.1) is 6.92 Å². The number of halogens is 1. The summed E-state index contributed by atoms with van der Waals surface area (Å²) >= 11 is 5.79. The largest absolute Gasteiger partial charge is 0.477 e. The molecule has 0 aliphatic heterocycles. The second-order valence-corrected chi connectivity index (χ2v) is 3.39. The average molecular weight is 211 g/mol. The molecule has 72 valence electrons. The smallest absolute Gasteiger partial charge is 0.352 e. The number of rotatable bonds is 1. The fourth-order valence-electron chi connectivity index (χ4n) is 1.35. The highest BCUT2D eigenvalue weighted by Gasteiger charge is 2.11. The van der Waals surface area contributed by atoms with Gasteiger partial charge in [-0.05, 0) is 19.1 Å². The monoisotopic (exact) mass is 210 g/mol. The number of pyridine rings is 1. The molecular formula is C9H7ClN2O2. The Balaban J connectivity index is 2.88. The minimum atomic E-state index is -1.02. The molecule has 1 N–H and O–H groups in total. The molecule has 0 radical (unpaired) electrons. The highest BCUT2D eigenvalue weighted by Crippen LogP contribution is 2.18. The van der Waals surface area contributed by atoms with Gasteiger partial charge in [0, 0.05) is 5.02 Å². The molecule has 0 amide bonds. The lowest BCUT2D eigenvalue weighted by Crippen LogP contribution is -2.04. The van der Waals surface area contributed by atoms with Gasteiger partial charge in [-0.3, -0.25) is 4.40 Å². The lowest BCUT2D eigenvalue weighted by atomic mass is 10.3. The SMILES string of the molecule is Cc1ncn2c(C(=O)O)cc(Cl)cc12. The zero-order valence-electron chi connectivity index (χ0n) is 7.36. The lowest BCUT2D eigenvalue weighted by Gasteiger charge is -2.01. The fraction of sp³-hybridized carbons (Fsp3) is 0.111. The number of aromatic nitrogens is 2. The normalized spacial score (nSPS) is 10.7. The molecule has 0 spiro atoms. The molecule has 2 aromatic rings. The van der Waals surface area contributed by atoms with Crippen molar-refractivity contribution in [2.45, 2.75) is 6.92 Å². The van der Waals surface area contributed by atoms with Gasteiger partial charge in [0.25, 0.3) is 0 Å². The first kappa shape index (κ1) is 9.02. The number of aryl methyl sites for hydroxylation is 1. The lowest BCUT2D eigenvalue weighted by molar-refractivity contribution is 0.0689. The van der Waals surface area contributed by atoms with Crippen LogP contribution in [0.4, 0.5) is 0 Å². The van der Waals surface area contributed by atoms with Gasteiger partial charge in [-0.2, -0.15) is 0 Å². The van der Waals surface area contributed by atoms with Gasteiger partial charge in [-0.15, -0.1) is 0 Å². The molecule has 14 heavy (non-hydrogen) atoms. The third kappa shape index (κ3) is 1.24. The second-order valence-electron chi connectivity index (χ2n) is 2.95. The molecule has 5 heteroatoms. The highest BCUT2D eigenvalue weighted by atomic mass is 35.5. The van der Waals surface area contributed by atoms with Crippen LogP contribution in [0.1, 0.15) is 16.2 Å². The molecular weight excluding hydrogens is 204 g/mol. The Kier molecular flexibility index (Phi) is 1.93. The third-order valence-corrected chi connectivity index (χ3v) is 2.24. The molecule has 0 saturated carbocycles. The van der Waals surface area contributed by atoms with E-state index in [9.17, 15) is 4.79 Å². The van der Waals surface area contributed by atoms with Crippen molar-refractivity contribution in [1.29, 1.82) is 0 Å². The van der Waals surface area contributed by atoms with E-state index < -0.39 is 5.97 Å². The van der Waals surface area contributed by atoms with Crippen molar-refractivity contribution >= 4 is 23.1 Å². The highest BCUT2D eigenvalue weighted by molar-refractivity contribution is 6.31. The van der Waals surface area contributed by atoms with Crippen molar-refractivity contribution in [2.24, 2.45) is 0 Å². The van der Waals surface area contributed by atoms with Gasteiger partial charge in [0.2, 0.25) is 0 Å². The van der Waals surface area contributed by atoms with E-state index in [2.05, 4.69) is 4.98 Å². The van der Waals surface area contributed by atoms with Gasteiger partial charge in [0.1, 0.15) is 12.0 Å². The number of carboxylic acid groups (broad SMARTS) is 1. The number of carboxylic acids is 1. The van der Waals surface area contributed by atoms with Crippen molar-refractivity contribution in [3.8, 4) is 0 Å². The predicted molar refractivity (Wildman–Crippen MR) is 51.9 cm³/mol. The Labute approximate surface area is 84.8 Å². The Morgan fingerprint density at radius 3 is 2.93 bits per heavy atom. The first-order valence-corrected chi connectivity index (χ1v) is 4.34. The molecule has 0 aliphatic rings. The molecule has 2 rings (SSSR count). The number of carbonyl (C=O) groups is 1. The minimum absolute atomic E-state index is 0.119. The first-order chi connectivity index (χ1) is 6.59. The van der Waals surface area contributed by atoms with Crippen LogP contribution >= 0.6 is 11.6 Å². The maximum absolute atomic E-state index is 10.9. The summed E-state index contributed by atoms with van der Waals surface area (Å²) in [6, 6.07) is 3.09. The second kappa shape index (κ2) is 2.99. The van der Waals surface area contributed by atoms with E-state index in [4.69, 9.17) is 16.7 Å². The van der Waals surface area contributed by atoms with Crippen LogP contribution in [-0.2, 0) is 0 Å². The van der Waals surface area contributed by atoms with Crippen molar-refractivity contribution in [1.82, 2.24) is 9.38 Å². The molecule has 0 aromatic carbocycles. The molecule has 0 fully saturated rings. The molecule has 0 bridgehead atoms. The summed E-state index contributed by atoms with van der Waals surface area (Å²) in [4.78, 5) is 14.9. The molecule has 4 nitrogen and oxygen atoms in total. The number of nitrogens with zero attached hydrogens (tertiary/aromatic N) is 2. The molecule has 0 saturated heterocycles. The maximum Gasteiger partial charge on any atom is 0.352 e. The van der Waals surface area contributed by atoms with Crippen molar-refractivity contribution in [2.75, 3.05) is 0 Å². The van der Waals surface area contributed by atoms with Gasteiger partial charge in [-0.1, -0.05) is 11.6 Å². The van der Waals surface area contributed by atoms with Gasteiger partial charge in [-0.25, -0.2) is 9.78 Å². The van der Waals surface area contributed by atoms with Crippen LogP contribution in [-0.4, -0.2) is 20.5 Å². The number of imidazole rings is 1. The van der Waals surface area contributed by atoms with Crippen molar-refractivity contribution in [3.63, 3.8) is 0 Å². The molecule has 0 aliphatic carbocycles. The van der Waals surface area contributed by atoms with Gasteiger partial charge < -0.3 is 5.11 Å². The van der Waals surface area contributed by atoms with E-state index in [1.165, 1.54) is 16.8 Å². The van der Waals surface area contributed by atoms with Crippen LogP contribution in [0.2, 0.25) is 5.02 Å². The van der Waals surface area contributed by atoms with Crippen LogP contribution in [0.3, 0.4) is 0 Å². The molecule has 0 atom stereocenters. The summed E-state index contributed by atoms with van der Waals surface area (Å²) in [6.45, 7) is 1.80. The van der Waals surface area contributed by atoms with Crippen LogP contribution in [0.5, 0.6) is 0 Å². The summed E-state index contributed by atoms with van der Waals surface area (Å²) in [5.41, 5.74) is 1.60. The summed E-state index contributed by atoms with van der Waals surface area (Å²) in [5, 5.41) is 9.31. The van der Waals surface area contributed by atoms with Gasteiger partial charge in [0.05, 0.1) is 11.2 Å². The topological polar surface area (TPSA) is 54.6 Å². The number of hydrogen-bond donors (Lipinski definition) is 1. The van der Waals surface area contributed by atoms with Crippen LogP contribution < -0.4 is 0 Å². The van der Waals surface area contributed by atoms with E-state index >= 15 is 0 Å². The fourth-order valence-corrected chi connectivity index (χ4v) is 1.56. The Hall–Kier alpha value is -1.55. The number of fused-ring (bicyclic) bond motifs is 1. The summed E-state index contributed by atoms with van der Waals surface area (Å²) < 4.78 is 1.50. The number of aromatic carboxylic acids is 1. The van der Waals surface area contributed by atoms with Crippen molar-refractivity contribution in [3.05, 3.63) is 34.9 Å². The Morgan fingerprint density at radius 2 is 2.29 bits per heavy atom. The first-order valence-electron chi connectivity index (χ1n) is 3.96. The molecule has 2 heterocycles. The standard InChI is InChI=1S/C9H7ClN2O2/c1-5-7-2-6(10)3-8(9(13)14)12(7)4-11-5/h2-4H,1H3,(H,13,14). The average Bonchev–Trinajstić information content (AvgIpc) is 2.47. The quantitative estimate of drug-likeness (QED) is 0.783. The minimum Gasteiger partial charge on any atom is -0.477 e. The van der Waals surface area contributed by atoms with E-state index in [1.54, 1.807) is 13.0 Å². The molecule has 0 unspecified atom stereocenters. The Bertz CT molecular complexity index is 519. The number of hydrogen-bond acceptors (Lipinski definition) is 2.